The largest absolute Gasteiger partial charge is 0.485 e. The van der Waals surface area contributed by atoms with E-state index in [0.717, 1.165) is 31.6 Å². The van der Waals surface area contributed by atoms with E-state index < -0.39 is 11.4 Å². The summed E-state index contributed by atoms with van der Waals surface area (Å²) in [6.45, 7) is 2.02. The molecule has 0 aliphatic rings. The van der Waals surface area contributed by atoms with Gasteiger partial charge >= 0.3 is 5.97 Å². The third-order valence-electron chi connectivity index (χ3n) is 6.94. The first-order valence-corrected chi connectivity index (χ1v) is 13.5. The number of fused-ring (bicyclic) bond motifs is 2. The van der Waals surface area contributed by atoms with Crippen LogP contribution in [0.2, 0.25) is 0 Å². The van der Waals surface area contributed by atoms with Crippen LogP contribution in [0.5, 0.6) is 5.75 Å². The molecule has 4 aromatic carbocycles. The van der Waals surface area contributed by atoms with Crippen LogP contribution in [0.4, 0.5) is 0 Å². The van der Waals surface area contributed by atoms with Gasteiger partial charge in [0.2, 0.25) is 0 Å². The molecular formula is C32H29NO4S. The van der Waals surface area contributed by atoms with Crippen LogP contribution < -0.4 is 4.74 Å². The normalized spacial score (nSPS) is 12.9. The molecule has 192 valence electrons. The molecule has 0 fully saturated rings. The molecule has 1 atom stereocenters. The monoisotopic (exact) mass is 523 g/mol. The highest BCUT2D eigenvalue weighted by atomic mass is 32.1. The molecule has 5 rings (SSSR count). The third-order valence-corrected chi connectivity index (χ3v) is 7.95. The summed E-state index contributed by atoms with van der Waals surface area (Å²) in [6.07, 6.45) is 1.54. The fourth-order valence-corrected chi connectivity index (χ4v) is 5.71. The molecule has 0 spiro atoms. The third kappa shape index (κ3) is 5.60. The second-order valence-electron chi connectivity index (χ2n) is 9.83. The lowest BCUT2D eigenvalue weighted by Gasteiger charge is -2.25. The predicted molar refractivity (Wildman–Crippen MR) is 152 cm³/mol. The predicted octanol–water partition coefficient (Wildman–Crippen LogP) is 7.72. The molecule has 1 N–H and O–H groups in total. The SMILES string of the molecule is CC(CCCC(=O)c1ccc2ccccc2c1OCc1nc2ccccc2s1)(Cc1ccccc1)C(=O)O. The fourth-order valence-electron chi connectivity index (χ4n) is 4.82. The van der Waals surface area contributed by atoms with E-state index in [2.05, 4.69) is 4.98 Å². The summed E-state index contributed by atoms with van der Waals surface area (Å²) in [5, 5.41) is 12.7. The first-order chi connectivity index (χ1) is 18.4. The van der Waals surface area contributed by atoms with Gasteiger partial charge in [-0.25, -0.2) is 4.98 Å². The van der Waals surface area contributed by atoms with Gasteiger partial charge in [-0.15, -0.1) is 11.3 Å². The van der Waals surface area contributed by atoms with Crippen molar-refractivity contribution in [1.29, 1.82) is 0 Å². The van der Waals surface area contributed by atoms with E-state index in [1.54, 1.807) is 18.3 Å². The molecule has 6 heteroatoms. The molecule has 1 unspecified atom stereocenters. The van der Waals surface area contributed by atoms with E-state index in [4.69, 9.17) is 4.74 Å². The van der Waals surface area contributed by atoms with Crippen LogP contribution in [0.1, 0.15) is 47.1 Å². The Morgan fingerprint density at radius 2 is 1.66 bits per heavy atom. The number of thiazole rings is 1. The minimum absolute atomic E-state index is 0.0532. The number of carbonyl (C=O) groups is 2. The summed E-state index contributed by atoms with van der Waals surface area (Å²) in [5.74, 6) is -0.348. The quantitative estimate of drug-likeness (QED) is 0.179. The second-order valence-corrected chi connectivity index (χ2v) is 10.9. The van der Waals surface area contributed by atoms with Crippen LogP contribution in [0.3, 0.4) is 0 Å². The lowest BCUT2D eigenvalue weighted by molar-refractivity contribution is -0.148. The van der Waals surface area contributed by atoms with Crippen LogP contribution in [0.25, 0.3) is 21.0 Å². The number of hydrogen-bond acceptors (Lipinski definition) is 5. The summed E-state index contributed by atoms with van der Waals surface area (Å²) in [6, 6.07) is 29.2. The number of ether oxygens (including phenoxy) is 1. The van der Waals surface area contributed by atoms with Gasteiger partial charge < -0.3 is 9.84 Å². The van der Waals surface area contributed by atoms with E-state index >= 15 is 0 Å². The zero-order valence-corrected chi connectivity index (χ0v) is 22.0. The number of aromatic nitrogens is 1. The Kier molecular flexibility index (Phi) is 7.52. The Labute approximate surface area is 225 Å². The molecule has 5 nitrogen and oxygen atoms in total. The summed E-state index contributed by atoms with van der Waals surface area (Å²) in [5.41, 5.74) is 1.48. The van der Waals surface area contributed by atoms with Crippen LogP contribution >= 0.6 is 11.3 Å². The van der Waals surface area contributed by atoms with E-state index in [1.165, 1.54) is 0 Å². The number of carboxylic acids is 1. The number of nitrogens with zero attached hydrogens (tertiary/aromatic N) is 1. The zero-order valence-electron chi connectivity index (χ0n) is 21.2. The Balaban J connectivity index is 1.33. The number of aliphatic carboxylic acids is 1. The Morgan fingerprint density at radius 3 is 2.45 bits per heavy atom. The molecule has 0 bridgehead atoms. The summed E-state index contributed by atoms with van der Waals surface area (Å²) < 4.78 is 7.38. The van der Waals surface area contributed by atoms with E-state index in [-0.39, 0.29) is 18.8 Å². The van der Waals surface area contributed by atoms with Crippen molar-refractivity contribution >= 4 is 44.1 Å². The highest BCUT2D eigenvalue weighted by Gasteiger charge is 2.33. The second kappa shape index (κ2) is 11.2. The van der Waals surface area contributed by atoms with Crippen molar-refractivity contribution in [2.75, 3.05) is 0 Å². The van der Waals surface area contributed by atoms with Gasteiger partial charge in [-0.1, -0.05) is 72.8 Å². The van der Waals surface area contributed by atoms with Crippen molar-refractivity contribution in [3.8, 4) is 5.75 Å². The number of ketones is 1. The number of Topliss-reactive ketones (excluding diaryl/α,β-unsaturated/α-hetero) is 1. The maximum Gasteiger partial charge on any atom is 0.309 e. The van der Waals surface area contributed by atoms with Gasteiger partial charge in [0.1, 0.15) is 17.4 Å². The van der Waals surface area contributed by atoms with Crippen LogP contribution in [-0.4, -0.2) is 21.8 Å². The van der Waals surface area contributed by atoms with Crippen molar-refractivity contribution in [1.82, 2.24) is 4.98 Å². The van der Waals surface area contributed by atoms with Crippen molar-refractivity contribution in [2.45, 2.75) is 39.2 Å². The first-order valence-electron chi connectivity index (χ1n) is 12.7. The number of para-hydroxylation sites is 1. The van der Waals surface area contributed by atoms with Gasteiger partial charge in [-0.2, -0.15) is 0 Å². The average Bonchev–Trinajstić information content (AvgIpc) is 3.35. The van der Waals surface area contributed by atoms with Gasteiger partial charge in [-0.3, -0.25) is 9.59 Å². The molecule has 1 aromatic heterocycles. The molecule has 5 aromatic rings. The molecule has 38 heavy (non-hydrogen) atoms. The highest BCUT2D eigenvalue weighted by Crippen LogP contribution is 2.34. The van der Waals surface area contributed by atoms with E-state index in [9.17, 15) is 14.7 Å². The van der Waals surface area contributed by atoms with Crippen LogP contribution in [0.15, 0.2) is 91.0 Å². The Bertz CT molecular complexity index is 1560. The molecule has 0 amide bonds. The van der Waals surface area contributed by atoms with Gasteiger partial charge in [-0.05, 0) is 55.3 Å². The molecule has 1 heterocycles. The Morgan fingerprint density at radius 1 is 0.921 bits per heavy atom. The maximum atomic E-state index is 13.4. The van der Waals surface area contributed by atoms with Gasteiger partial charge in [0.15, 0.2) is 5.78 Å². The average molecular weight is 524 g/mol. The summed E-state index contributed by atoms with van der Waals surface area (Å²) in [4.78, 5) is 30.2. The van der Waals surface area contributed by atoms with E-state index in [1.807, 2.05) is 91.0 Å². The lowest BCUT2D eigenvalue weighted by atomic mass is 9.79. The zero-order chi connectivity index (χ0) is 26.5. The fraction of sp³-hybridized carbons (Fsp3) is 0.219. The molecule has 0 saturated heterocycles. The van der Waals surface area contributed by atoms with Crippen LogP contribution in [0, 0.1) is 5.41 Å². The number of carbonyl (C=O) groups excluding carboxylic acids is 1. The molecule has 0 radical (unpaired) electrons. The van der Waals surface area contributed by atoms with Crippen molar-refractivity contribution in [3.05, 3.63) is 107 Å². The standard InChI is InChI=1S/C32H29NO4S/c1-32(31(35)36,20-22-10-3-2-4-11-22)19-9-15-27(34)25-18-17-23-12-5-6-13-24(23)30(25)37-21-29-33-26-14-7-8-16-28(26)38-29/h2-8,10-14,16-18H,9,15,19-21H2,1H3,(H,35,36). The summed E-state index contributed by atoms with van der Waals surface area (Å²) in [7, 11) is 0. The van der Waals surface area contributed by atoms with Crippen molar-refractivity contribution < 1.29 is 19.4 Å². The first kappa shape index (κ1) is 25.6. The lowest BCUT2D eigenvalue weighted by Crippen LogP contribution is -2.30. The van der Waals surface area contributed by atoms with E-state index in [0.29, 0.717) is 30.6 Å². The van der Waals surface area contributed by atoms with Gasteiger partial charge in [0.05, 0.1) is 21.2 Å². The number of hydrogen-bond donors (Lipinski definition) is 1. The maximum absolute atomic E-state index is 13.4. The number of carboxylic acid groups (broad SMARTS) is 1. The molecule has 0 saturated carbocycles. The molecule has 0 aliphatic heterocycles. The number of rotatable bonds is 11. The minimum Gasteiger partial charge on any atom is -0.485 e. The smallest absolute Gasteiger partial charge is 0.309 e. The summed E-state index contributed by atoms with van der Waals surface area (Å²) >= 11 is 1.58. The molecule has 0 aliphatic carbocycles. The number of benzene rings is 4. The Hall–Kier alpha value is -4.03. The topological polar surface area (TPSA) is 76.5 Å². The van der Waals surface area contributed by atoms with Crippen LogP contribution in [-0.2, 0) is 17.8 Å². The van der Waals surface area contributed by atoms with Crippen molar-refractivity contribution in [3.63, 3.8) is 0 Å². The van der Waals surface area contributed by atoms with Gasteiger partial charge in [0.25, 0.3) is 0 Å². The molecular weight excluding hydrogens is 494 g/mol. The van der Waals surface area contributed by atoms with Gasteiger partial charge in [0, 0.05) is 11.8 Å². The minimum atomic E-state index is -0.947. The highest BCUT2D eigenvalue weighted by molar-refractivity contribution is 7.18. The van der Waals surface area contributed by atoms with Crippen molar-refractivity contribution in [2.24, 2.45) is 5.41 Å².